The summed E-state index contributed by atoms with van der Waals surface area (Å²) in [6.45, 7) is 2.47. The standard InChI is InChI=1S/C17H18ClN3O2/c1-12-19-17(23-20-12)15-8-4-5-11-21(15)16(22)10-9-13-6-2-3-7-14(13)18/h2-3,6-7,9-10,15H,4-5,8,11H2,1H3/b10-9+. The van der Waals surface area contributed by atoms with Crippen LogP contribution in [0.2, 0.25) is 5.02 Å². The van der Waals surface area contributed by atoms with E-state index in [-0.39, 0.29) is 11.9 Å². The maximum atomic E-state index is 12.6. The van der Waals surface area contributed by atoms with E-state index in [1.165, 1.54) is 0 Å². The molecule has 0 N–H and O–H groups in total. The van der Waals surface area contributed by atoms with Gasteiger partial charge in [0, 0.05) is 17.6 Å². The minimum Gasteiger partial charge on any atom is -0.337 e. The van der Waals surface area contributed by atoms with Gasteiger partial charge in [0.25, 0.3) is 0 Å². The number of piperidine rings is 1. The average Bonchev–Trinajstić information content (AvgIpc) is 3.00. The van der Waals surface area contributed by atoms with Crippen molar-refractivity contribution in [2.24, 2.45) is 0 Å². The largest absolute Gasteiger partial charge is 0.337 e. The van der Waals surface area contributed by atoms with Crippen LogP contribution in [0.25, 0.3) is 6.08 Å². The number of amides is 1. The van der Waals surface area contributed by atoms with Crippen LogP contribution in [0.1, 0.15) is 42.6 Å². The number of aryl methyl sites for hydroxylation is 1. The molecule has 6 heteroatoms. The molecular weight excluding hydrogens is 314 g/mol. The number of nitrogens with zero attached hydrogens (tertiary/aromatic N) is 3. The normalized spacial score (nSPS) is 18.5. The fraction of sp³-hybridized carbons (Fsp3) is 0.353. The number of likely N-dealkylation sites (tertiary alicyclic amines) is 1. The van der Waals surface area contributed by atoms with Gasteiger partial charge in [-0.05, 0) is 43.9 Å². The van der Waals surface area contributed by atoms with Gasteiger partial charge in [-0.3, -0.25) is 4.79 Å². The van der Waals surface area contributed by atoms with Crippen LogP contribution in [0.15, 0.2) is 34.9 Å². The Hall–Kier alpha value is -2.14. The summed E-state index contributed by atoms with van der Waals surface area (Å²) in [5.41, 5.74) is 0.824. The number of hydrogen-bond donors (Lipinski definition) is 0. The first-order valence-electron chi connectivity index (χ1n) is 7.68. The zero-order valence-corrected chi connectivity index (χ0v) is 13.7. The first kappa shape index (κ1) is 15.7. The van der Waals surface area contributed by atoms with Gasteiger partial charge in [0.1, 0.15) is 6.04 Å². The number of carbonyl (C=O) groups excluding carboxylic acids is 1. The second-order valence-electron chi connectivity index (χ2n) is 5.58. The van der Waals surface area contributed by atoms with Crippen molar-refractivity contribution in [3.63, 3.8) is 0 Å². The quantitative estimate of drug-likeness (QED) is 0.803. The number of aromatic nitrogens is 2. The van der Waals surface area contributed by atoms with Crippen LogP contribution in [-0.4, -0.2) is 27.5 Å². The molecular formula is C17H18ClN3O2. The van der Waals surface area contributed by atoms with Crippen LogP contribution in [0.4, 0.5) is 0 Å². The number of carbonyl (C=O) groups is 1. The van der Waals surface area contributed by atoms with Crippen molar-refractivity contribution in [2.75, 3.05) is 6.54 Å². The van der Waals surface area contributed by atoms with Gasteiger partial charge < -0.3 is 9.42 Å². The molecule has 120 valence electrons. The molecule has 2 aromatic rings. The number of rotatable bonds is 3. The van der Waals surface area contributed by atoms with E-state index < -0.39 is 0 Å². The first-order chi connectivity index (χ1) is 11.1. The number of hydrogen-bond acceptors (Lipinski definition) is 4. The molecule has 1 amide bonds. The lowest BCUT2D eigenvalue weighted by Gasteiger charge is -2.32. The highest BCUT2D eigenvalue weighted by Gasteiger charge is 2.30. The van der Waals surface area contributed by atoms with E-state index in [4.69, 9.17) is 16.1 Å². The number of halogens is 1. The lowest BCUT2D eigenvalue weighted by molar-refractivity contribution is -0.130. The van der Waals surface area contributed by atoms with Crippen molar-refractivity contribution >= 4 is 23.6 Å². The summed E-state index contributed by atoms with van der Waals surface area (Å²) in [5.74, 6) is 1.04. The van der Waals surface area contributed by atoms with Gasteiger partial charge in [-0.1, -0.05) is 35.0 Å². The summed E-state index contributed by atoms with van der Waals surface area (Å²) in [5, 5.41) is 4.46. The Morgan fingerprint density at radius 1 is 1.39 bits per heavy atom. The summed E-state index contributed by atoms with van der Waals surface area (Å²) in [4.78, 5) is 18.7. The molecule has 1 aromatic carbocycles. The molecule has 1 atom stereocenters. The topological polar surface area (TPSA) is 59.2 Å². The Kier molecular flexibility index (Phi) is 4.76. The summed E-state index contributed by atoms with van der Waals surface area (Å²) >= 11 is 6.11. The Labute approximate surface area is 139 Å². The predicted octanol–water partition coefficient (Wildman–Crippen LogP) is 3.80. The summed E-state index contributed by atoms with van der Waals surface area (Å²) < 4.78 is 5.27. The minimum absolute atomic E-state index is 0.0644. The van der Waals surface area contributed by atoms with Gasteiger partial charge in [0.15, 0.2) is 5.82 Å². The van der Waals surface area contributed by atoms with Gasteiger partial charge in [-0.25, -0.2) is 0 Å². The van der Waals surface area contributed by atoms with Crippen LogP contribution < -0.4 is 0 Å². The van der Waals surface area contributed by atoms with Crippen LogP contribution >= 0.6 is 11.6 Å². The van der Waals surface area contributed by atoms with Crippen molar-refractivity contribution in [2.45, 2.75) is 32.2 Å². The van der Waals surface area contributed by atoms with E-state index in [1.807, 2.05) is 18.2 Å². The van der Waals surface area contributed by atoms with Gasteiger partial charge in [-0.2, -0.15) is 4.98 Å². The van der Waals surface area contributed by atoms with Crippen molar-refractivity contribution in [1.29, 1.82) is 0 Å². The summed E-state index contributed by atoms with van der Waals surface area (Å²) in [7, 11) is 0. The number of benzene rings is 1. The van der Waals surface area contributed by atoms with Crippen molar-refractivity contribution in [3.05, 3.63) is 52.6 Å². The zero-order chi connectivity index (χ0) is 16.2. The molecule has 0 radical (unpaired) electrons. The molecule has 1 fully saturated rings. The fourth-order valence-electron chi connectivity index (χ4n) is 2.77. The highest BCUT2D eigenvalue weighted by atomic mass is 35.5. The van der Waals surface area contributed by atoms with E-state index in [0.717, 1.165) is 24.8 Å². The highest BCUT2D eigenvalue weighted by molar-refractivity contribution is 6.32. The molecule has 3 rings (SSSR count). The molecule has 2 heterocycles. The van der Waals surface area contributed by atoms with Crippen LogP contribution in [0.5, 0.6) is 0 Å². The Morgan fingerprint density at radius 2 is 2.22 bits per heavy atom. The third kappa shape index (κ3) is 3.62. The molecule has 0 bridgehead atoms. The third-order valence-electron chi connectivity index (χ3n) is 3.92. The maximum Gasteiger partial charge on any atom is 0.249 e. The maximum absolute atomic E-state index is 12.6. The average molecular weight is 332 g/mol. The van der Waals surface area contributed by atoms with E-state index in [2.05, 4.69) is 10.1 Å². The van der Waals surface area contributed by atoms with E-state index in [1.54, 1.807) is 30.0 Å². The van der Waals surface area contributed by atoms with Gasteiger partial charge in [0.05, 0.1) is 0 Å². The zero-order valence-electron chi connectivity index (χ0n) is 12.9. The van der Waals surface area contributed by atoms with Crippen molar-refractivity contribution < 1.29 is 9.32 Å². The third-order valence-corrected chi connectivity index (χ3v) is 4.27. The second kappa shape index (κ2) is 6.96. The summed E-state index contributed by atoms with van der Waals surface area (Å²) in [6, 6.07) is 7.28. The SMILES string of the molecule is Cc1noc(C2CCCCN2C(=O)/C=C/c2ccccc2Cl)n1. The predicted molar refractivity (Wildman–Crippen MR) is 87.8 cm³/mol. The Balaban J connectivity index is 1.78. The first-order valence-corrected chi connectivity index (χ1v) is 8.06. The smallest absolute Gasteiger partial charge is 0.249 e. The lowest BCUT2D eigenvalue weighted by atomic mass is 10.0. The molecule has 5 nitrogen and oxygen atoms in total. The van der Waals surface area contributed by atoms with Crippen LogP contribution in [0, 0.1) is 6.92 Å². The van der Waals surface area contributed by atoms with Gasteiger partial charge in [0.2, 0.25) is 11.8 Å². The van der Waals surface area contributed by atoms with Gasteiger partial charge in [-0.15, -0.1) is 0 Å². The Morgan fingerprint density at radius 3 is 2.96 bits per heavy atom. The minimum atomic E-state index is -0.145. The van der Waals surface area contributed by atoms with Crippen LogP contribution in [-0.2, 0) is 4.79 Å². The molecule has 1 unspecified atom stereocenters. The molecule has 0 aliphatic carbocycles. The second-order valence-corrected chi connectivity index (χ2v) is 5.99. The molecule has 23 heavy (non-hydrogen) atoms. The van der Waals surface area contributed by atoms with E-state index >= 15 is 0 Å². The molecule has 1 aromatic heterocycles. The Bertz CT molecular complexity index is 726. The van der Waals surface area contributed by atoms with E-state index in [9.17, 15) is 4.79 Å². The lowest BCUT2D eigenvalue weighted by Crippen LogP contribution is -2.37. The monoisotopic (exact) mass is 331 g/mol. The molecule has 0 saturated carbocycles. The highest BCUT2D eigenvalue weighted by Crippen LogP contribution is 2.30. The molecule has 0 spiro atoms. The van der Waals surface area contributed by atoms with Crippen LogP contribution in [0.3, 0.4) is 0 Å². The molecule has 1 saturated heterocycles. The van der Waals surface area contributed by atoms with E-state index in [0.29, 0.717) is 23.3 Å². The summed E-state index contributed by atoms with van der Waals surface area (Å²) in [6.07, 6.45) is 6.17. The van der Waals surface area contributed by atoms with Gasteiger partial charge >= 0.3 is 0 Å². The molecule has 1 aliphatic rings. The van der Waals surface area contributed by atoms with Crippen molar-refractivity contribution in [3.8, 4) is 0 Å². The molecule has 1 aliphatic heterocycles. The van der Waals surface area contributed by atoms with Crippen molar-refractivity contribution in [1.82, 2.24) is 15.0 Å². The fourth-order valence-corrected chi connectivity index (χ4v) is 2.97.